The zero-order valence-electron chi connectivity index (χ0n) is 10.6. The maximum absolute atomic E-state index is 11.4. The van der Waals surface area contributed by atoms with Gasteiger partial charge in [0.1, 0.15) is 11.8 Å². The van der Waals surface area contributed by atoms with Gasteiger partial charge in [-0.3, -0.25) is 4.79 Å². The largest absolute Gasteiger partial charge is 0.494 e. The second-order valence-electron chi connectivity index (χ2n) is 4.59. The summed E-state index contributed by atoms with van der Waals surface area (Å²) < 4.78 is 5.49. The SMILES string of the molecule is CCOc1ccccc1C(NCC1CC1)C(=O)O. The minimum absolute atomic E-state index is 0.534. The normalized spacial score (nSPS) is 16.3. The van der Waals surface area contributed by atoms with E-state index in [1.165, 1.54) is 12.8 Å². The van der Waals surface area contributed by atoms with Crippen LogP contribution in [0.25, 0.3) is 0 Å². The number of para-hydroxylation sites is 1. The third-order valence-corrected chi connectivity index (χ3v) is 3.08. The molecule has 18 heavy (non-hydrogen) atoms. The lowest BCUT2D eigenvalue weighted by molar-refractivity contribution is -0.139. The van der Waals surface area contributed by atoms with E-state index in [1.807, 2.05) is 31.2 Å². The monoisotopic (exact) mass is 249 g/mol. The van der Waals surface area contributed by atoms with E-state index in [1.54, 1.807) is 0 Å². The van der Waals surface area contributed by atoms with Gasteiger partial charge in [0, 0.05) is 5.56 Å². The van der Waals surface area contributed by atoms with Crippen molar-refractivity contribution in [2.24, 2.45) is 5.92 Å². The highest BCUT2D eigenvalue weighted by atomic mass is 16.5. The van der Waals surface area contributed by atoms with Crippen LogP contribution in [0.1, 0.15) is 31.4 Å². The molecule has 4 heteroatoms. The van der Waals surface area contributed by atoms with Crippen LogP contribution >= 0.6 is 0 Å². The molecule has 1 saturated carbocycles. The van der Waals surface area contributed by atoms with Crippen LogP contribution in [-0.4, -0.2) is 24.2 Å². The molecule has 1 aromatic carbocycles. The van der Waals surface area contributed by atoms with Gasteiger partial charge >= 0.3 is 5.97 Å². The highest BCUT2D eigenvalue weighted by Crippen LogP contribution is 2.30. The van der Waals surface area contributed by atoms with Crippen LogP contribution < -0.4 is 10.1 Å². The number of nitrogens with one attached hydrogen (secondary N) is 1. The molecule has 1 aliphatic carbocycles. The second kappa shape index (κ2) is 5.87. The first-order valence-electron chi connectivity index (χ1n) is 6.40. The van der Waals surface area contributed by atoms with Crippen LogP contribution in [0.2, 0.25) is 0 Å². The third-order valence-electron chi connectivity index (χ3n) is 3.08. The zero-order valence-corrected chi connectivity index (χ0v) is 10.6. The van der Waals surface area contributed by atoms with Gasteiger partial charge in [-0.25, -0.2) is 0 Å². The van der Waals surface area contributed by atoms with E-state index in [0.717, 1.165) is 6.54 Å². The Kier molecular flexibility index (Phi) is 4.20. The van der Waals surface area contributed by atoms with Gasteiger partial charge in [-0.05, 0) is 38.3 Å². The summed E-state index contributed by atoms with van der Waals surface area (Å²) >= 11 is 0. The summed E-state index contributed by atoms with van der Waals surface area (Å²) in [5, 5.41) is 12.5. The van der Waals surface area contributed by atoms with Gasteiger partial charge in [-0.1, -0.05) is 18.2 Å². The van der Waals surface area contributed by atoms with Gasteiger partial charge in [-0.15, -0.1) is 0 Å². The molecule has 1 unspecified atom stereocenters. The first-order valence-corrected chi connectivity index (χ1v) is 6.40. The van der Waals surface area contributed by atoms with Crippen molar-refractivity contribution in [1.82, 2.24) is 5.32 Å². The Hall–Kier alpha value is -1.55. The van der Waals surface area contributed by atoms with Gasteiger partial charge in [0.25, 0.3) is 0 Å². The number of hydrogen-bond donors (Lipinski definition) is 2. The number of carboxylic acids is 1. The fraction of sp³-hybridized carbons (Fsp3) is 0.500. The summed E-state index contributed by atoms with van der Waals surface area (Å²) in [4.78, 5) is 11.4. The van der Waals surface area contributed by atoms with Gasteiger partial charge < -0.3 is 15.2 Å². The van der Waals surface area contributed by atoms with Crippen molar-refractivity contribution in [2.75, 3.05) is 13.2 Å². The average molecular weight is 249 g/mol. The molecule has 4 nitrogen and oxygen atoms in total. The van der Waals surface area contributed by atoms with Crippen LogP contribution in [-0.2, 0) is 4.79 Å². The molecule has 1 atom stereocenters. The summed E-state index contributed by atoms with van der Waals surface area (Å²) in [6, 6.07) is 6.63. The van der Waals surface area contributed by atoms with E-state index < -0.39 is 12.0 Å². The average Bonchev–Trinajstić information content (AvgIpc) is 3.15. The Morgan fingerprint density at radius 3 is 2.83 bits per heavy atom. The maximum atomic E-state index is 11.4. The number of carboxylic acid groups (broad SMARTS) is 1. The van der Waals surface area contributed by atoms with Crippen LogP contribution in [0, 0.1) is 5.92 Å². The summed E-state index contributed by atoms with van der Waals surface area (Å²) in [5.74, 6) is 0.435. The number of rotatable bonds is 7. The first-order chi connectivity index (χ1) is 8.72. The minimum Gasteiger partial charge on any atom is -0.494 e. The molecule has 2 N–H and O–H groups in total. The molecule has 0 saturated heterocycles. The highest BCUT2D eigenvalue weighted by Gasteiger charge is 2.27. The number of hydrogen-bond acceptors (Lipinski definition) is 3. The molecule has 0 aromatic heterocycles. The standard InChI is InChI=1S/C14H19NO3/c1-2-18-12-6-4-3-5-11(12)13(14(16)17)15-9-10-7-8-10/h3-6,10,13,15H,2,7-9H2,1H3,(H,16,17). The summed E-state index contributed by atoms with van der Waals surface area (Å²) in [6.07, 6.45) is 2.40. The molecule has 1 fully saturated rings. The van der Waals surface area contributed by atoms with Crippen LogP contribution in [0.15, 0.2) is 24.3 Å². The Bertz CT molecular complexity index is 415. The lowest BCUT2D eigenvalue weighted by Crippen LogP contribution is -2.30. The van der Waals surface area contributed by atoms with E-state index in [4.69, 9.17) is 4.74 Å². The molecule has 0 spiro atoms. The molecule has 0 heterocycles. The van der Waals surface area contributed by atoms with E-state index in [2.05, 4.69) is 5.32 Å². The fourth-order valence-corrected chi connectivity index (χ4v) is 1.94. The smallest absolute Gasteiger partial charge is 0.325 e. The lowest BCUT2D eigenvalue weighted by Gasteiger charge is -2.18. The van der Waals surface area contributed by atoms with Crippen LogP contribution in [0.5, 0.6) is 5.75 Å². The molecule has 0 aliphatic heterocycles. The lowest BCUT2D eigenvalue weighted by atomic mass is 10.1. The van der Waals surface area contributed by atoms with Crippen LogP contribution in [0.4, 0.5) is 0 Å². The highest BCUT2D eigenvalue weighted by molar-refractivity contribution is 5.76. The van der Waals surface area contributed by atoms with E-state index in [9.17, 15) is 9.90 Å². The Balaban J connectivity index is 2.14. The van der Waals surface area contributed by atoms with E-state index >= 15 is 0 Å². The van der Waals surface area contributed by atoms with Crippen molar-refractivity contribution in [3.8, 4) is 5.75 Å². The van der Waals surface area contributed by atoms with E-state index in [-0.39, 0.29) is 0 Å². The van der Waals surface area contributed by atoms with Crippen LogP contribution in [0.3, 0.4) is 0 Å². The molecular weight excluding hydrogens is 230 g/mol. The molecule has 1 aliphatic rings. The van der Waals surface area contributed by atoms with Crippen molar-refractivity contribution in [1.29, 1.82) is 0 Å². The number of aliphatic carboxylic acids is 1. The zero-order chi connectivity index (χ0) is 13.0. The Morgan fingerprint density at radius 1 is 1.50 bits per heavy atom. The van der Waals surface area contributed by atoms with Crippen molar-refractivity contribution in [3.63, 3.8) is 0 Å². The van der Waals surface area contributed by atoms with Crippen molar-refractivity contribution in [2.45, 2.75) is 25.8 Å². The van der Waals surface area contributed by atoms with Crippen molar-refractivity contribution in [3.05, 3.63) is 29.8 Å². The number of benzene rings is 1. The predicted octanol–water partition coefficient (Wildman–Crippen LogP) is 2.21. The number of ether oxygens (including phenoxy) is 1. The Morgan fingerprint density at radius 2 is 2.22 bits per heavy atom. The van der Waals surface area contributed by atoms with Gasteiger partial charge in [0.2, 0.25) is 0 Å². The molecule has 0 radical (unpaired) electrons. The molecule has 2 rings (SSSR count). The summed E-state index contributed by atoms with van der Waals surface area (Å²) in [5.41, 5.74) is 0.701. The quantitative estimate of drug-likeness (QED) is 0.778. The maximum Gasteiger partial charge on any atom is 0.325 e. The van der Waals surface area contributed by atoms with Gasteiger partial charge in [-0.2, -0.15) is 0 Å². The number of carbonyl (C=O) groups is 1. The van der Waals surface area contributed by atoms with E-state index in [0.29, 0.717) is 23.8 Å². The minimum atomic E-state index is -0.859. The Labute approximate surface area is 107 Å². The second-order valence-corrected chi connectivity index (χ2v) is 4.59. The van der Waals surface area contributed by atoms with Gasteiger partial charge in [0.15, 0.2) is 0 Å². The molecule has 0 amide bonds. The molecular formula is C14H19NO3. The fourth-order valence-electron chi connectivity index (χ4n) is 1.94. The van der Waals surface area contributed by atoms with Crippen molar-refractivity contribution < 1.29 is 14.6 Å². The topological polar surface area (TPSA) is 58.6 Å². The summed E-state index contributed by atoms with van der Waals surface area (Å²) in [7, 11) is 0. The predicted molar refractivity (Wildman–Crippen MR) is 68.7 cm³/mol. The van der Waals surface area contributed by atoms with Crippen molar-refractivity contribution >= 4 is 5.97 Å². The third kappa shape index (κ3) is 3.23. The molecule has 98 valence electrons. The first kappa shape index (κ1) is 12.9. The summed E-state index contributed by atoms with van der Waals surface area (Å²) in [6.45, 7) is 3.19. The molecule has 0 bridgehead atoms. The van der Waals surface area contributed by atoms with Gasteiger partial charge in [0.05, 0.1) is 6.61 Å². The molecule has 1 aromatic rings.